The number of amides is 2. The van der Waals surface area contributed by atoms with Crippen molar-refractivity contribution in [2.45, 2.75) is 45.7 Å². The molecule has 10 heteroatoms. The molecule has 2 N–H and O–H groups in total. The predicted molar refractivity (Wildman–Crippen MR) is 126 cm³/mol. The van der Waals surface area contributed by atoms with Crippen LogP contribution in [-0.2, 0) is 10.0 Å². The van der Waals surface area contributed by atoms with Gasteiger partial charge in [-0.2, -0.15) is 8.42 Å². The van der Waals surface area contributed by atoms with Gasteiger partial charge in [0.2, 0.25) is 5.88 Å². The summed E-state index contributed by atoms with van der Waals surface area (Å²) in [5.41, 5.74) is 4.80. The maximum atomic E-state index is 12.8. The number of pyridine rings is 1. The molecule has 0 bridgehead atoms. The highest BCUT2D eigenvalue weighted by atomic mass is 32.2. The molecule has 33 heavy (non-hydrogen) atoms. The standard InChI is InChI=1S/C23H27N5O4S/c1-13(2)18-9-14(3)10-19(17-7-8-24-20(12-17)32-6)21(18)27-22(29)28-33(30,31)23-25-15(4)11-16(5)26-23/h7-13H,1-6H3,(H2,27,28,29). The summed E-state index contributed by atoms with van der Waals surface area (Å²) in [7, 11) is -2.75. The second kappa shape index (κ2) is 9.53. The van der Waals surface area contributed by atoms with E-state index in [4.69, 9.17) is 4.74 Å². The topological polar surface area (TPSA) is 123 Å². The molecule has 0 spiro atoms. The van der Waals surface area contributed by atoms with Crippen molar-refractivity contribution in [1.82, 2.24) is 19.7 Å². The van der Waals surface area contributed by atoms with E-state index in [1.807, 2.05) is 37.6 Å². The second-order valence-electron chi connectivity index (χ2n) is 8.01. The fourth-order valence-electron chi connectivity index (χ4n) is 3.45. The zero-order valence-electron chi connectivity index (χ0n) is 19.4. The second-order valence-corrected chi connectivity index (χ2v) is 9.59. The van der Waals surface area contributed by atoms with Gasteiger partial charge in [-0.1, -0.05) is 25.5 Å². The molecule has 174 valence electrons. The summed E-state index contributed by atoms with van der Waals surface area (Å²) in [5, 5.41) is 2.28. The minimum absolute atomic E-state index is 0.0574. The summed E-state index contributed by atoms with van der Waals surface area (Å²) < 4.78 is 32.7. The van der Waals surface area contributed by atoms with Gasteiger partial charge >= 0.3 is 16.1 Å². The van der Waals surface area contributed by atoms with Crippen LogP contribution < -0.4 is 14.8 Å². The van der Waals surface area contributed by atoms with E-state index < -0.39 is 21.2 Å². The summed E-state index contributed by atoms with van der Waals surface area (Å²) in [6.45, 7) is 9.26. The predicted octanol–water partition coefficient (Wildman–Crippen LogP) is 4.11. The molecule has 3 rings (SSSR count). The van der Waals surface area contributed by atoms with Gasteiger partial charge in [0.1, 0.15) is 0 Å². The number of aromatic nitrogens is 3. The van der Waals surface area contributed by atoms with E-state index >= 15 is 0 Å². The lowest BCUT2D eigenvalue weighted by molar-refractivity contribution is 0.256. The van der Waals surface area contributed by atoms with Crippen molar-refractivity contribution in [2.24, 2.45) is 0 Å². The normalized spacial score (nSPS) is 11.4. The van der Waals surface area contributed by atoms with Crippen molar-refractivity contribution in [3.05, 3.63) is 59.0 Å². The zero-order valence-corrected chi connectivity index (χ0v) is 20.2. The molecule has 0 atom stereocenters. The van der Waals surface area contributed by atoms with Gasteiger partial charge in [-0.25, -0.2) is 24.5 Å². The smallest absolute Gasteiger partial charge is 0.333 e. The fourth-order valence-corrected chi connectivity index (χ4v) is 4.36. The number of anilines is 1. The van der Waals surface area contributed by atoms with Crippen molar-refractivity contribution in [2.75, 3.05) is 12.4 Å². The van der Waals surface area contributed by atoms with Gasteiger partial charge in [0.15, 0.2) is 0 Å². The summed E-state index contributed by atoms with van der Waals surface area (Å²) in [4.78, 5) is 24.9. The third kappa shape index (κ3) is 5.64. The monoisotopic (exact) mass is 469 g/mol. The molecule has 2 aromatic heterocycles. The third-order valence-electron chi connectivity index (χ3n) is 4.86. The van der Waals surface area contributed by atoms with Crippen LogP contribution in [0.25, 0.3) is 11.1 Å². The number of carbonyl (C=O) groups excluding carboxylic acids is 1. The quantitative estimate of drug-likeness (QED) is 0.521. The van der Waals surface area contributed by atoms with Crippen LogP contribution in [0.3, 0.4) is 0 Å². The molecule has 0 saturated carbocycles. The fraction of sp³-hybridized carbons (Fsp3) is 0.304. The Balaban J connectivity index is 2.02. The van der Waals surface area contributed by atoms with E-state index in [1.165, 1.54) is 7.11 Å². The maximum absolute atomic E-state index is 12.8. The van der Waals surface area contributed by atoms with Crippen molar-refractivity contribution in [1.29, 1.82) is 0 Å². The van der Waals surface area contributed by atoms with E-state index in [1.54, 1.807) is 38.2 Å². The molecule has 0 aliphatic carbocycles. The Labute approximate surface area is 193 Å². The molecule has 0 aliphatic rings. The number of aryl methyl sites for hydroxylation is 3. The molecule has 9 nitrogen and oxygen atoms in total. The Hall–Kier alpha value is -3.53. The van der Waals surface area contributed by atoms with Crippen LogP contribution in [0.2, 0.25) is 0 Å². The number of nitrogens with zero attached hydrogens (tertiary/aromatic N) is 3. The van der Waals surface area contributed by atoms with Crippen LogP contribution >= 0.6 is 0 Å². The molecule has 2 heterocycles. The van der Waals surface area contributed by atoms with Crippen LogP contribution in [-0.4, -0.2) is 36.5 Å². The van der Waals surface area contributed by atoms with Crippen molar-refractivity contribution in [3.8, 4) is 17.0 Å². The summed E-state index contributed by atoms with van der Waals surface area (Å²) >= 11 is 0. The van der Waals surface area contributed by atoms with E-state index in [2.05, 4.69) is 20.3 Å². The number of ether oxygens (including phenoxy) is 1. The summed E-state index contributed by atoms with van der Waals surface area (Å²) in [5.74, 6) is 0.479. The van der Waals surface area contributed by atoms with Crippen LogP contribution in [0.1, 0.15) is 42.3 Å². The third-order valence-corrected chi connectivity index (χ3v) is 5.98. The number of methoxy groups -OCH3 is 1. The maximum Gasteiger partial charge on any atom is 0.333 e. The van der Waals surface area contributed by atoms with Crippen LogP contribution in [0.4, 0.5) is 10.5 Å². The largest absolute Gasteiger partial charge is 0.481 e. The van der Waals surface area contributed by atoms with E-state index in [-0.39, 0.29) is 5.92 Å². The molecular formula is C23H27N5O4S. The Morgan fingerprint density at radius 1 is 1.03 bits per heavy atom. The highest BCUT2D eigenvalue weighted by Crippen LogP contribution is 2.37. The zero-order chi connectivity index (χ0) is 24.3. The number of nitrogens with one attached hydrogen (secondary N) is 2. The molecule has 0 radical (unpaired) electrons. The summed E-state index contributed by atoms with van der Waals surface area (Å²) in [6, 6.07) is 8.16. The van der Waals surface area contributed by atoms with E-state index in [0.29, 0.717) is 23.0 Å². The lowest BCUT2D eigenvalue weighted by atomic mass is 9.92. The van der Waals surface area contributed by atoms with E-state index in [0.717, 1.165) is 22.3 Å². The highest BCUT2D eigenvalue weighted by Gasteiger charge is 2.24. The highest BCUT2D eigenvalue weighted by molar-refractivity contribution is 7.89. The lowest BCUT2D eigenvalue weighted by Crippen LogP contribution is -2.36. The average molecular weight is 470 g/mol. The van der Waals surface area contributed by atoms with Gasteiger partial charge in [-0.15, -0.1) is 0 Å². The molecule has 0 aliphatic heterocycles. The number of sulfonamides is 1. The van der Waals surface area contributed by atoms with Gasteiger partial charge in [0.25, 0.3) is 5.16 Å². The molecule has 2 amide bonds. The van der Waals surface area contributed by atoms with Crippen LogP contribution in [0.15, 0.2) is 41.7 Å². The van der Waals surface area contributed by atoms with Crippen molar-refractivity contribution in [3.63, 3.8) is 0 Å². The molecule has 0 saturated heterocycles. The van der Waals surface area contributed by atoms with Crippen molar-refractivity contribution < 1.29 is 17.9 Å². The van der Waals surface area contributed by atoms with Gasteiger partial charge in [-0.05, 0) is 56.0 Å². The molecule has 0 fully saturated rings. The molecular weight excluding hydrogens is 442 g/mol. The number of urea groups is 1. The van der Waals surface area contributed by atoms with Crippen molar-refractivity contribution >= 4 is 21.7 Å². The minimum atomic E-state index is -4.27. The molecule has 3 aromatic rings. The number of carbonyl (C=O) groups is 1. The van der Waals surface area contributed by atoms with Crippen LogP contribution in [0.5, 0.6) is 5.88 Å². The van der Waals surface area contributed by atoms with Gasteiger partial charge in [0, 0.05) is 29.2 Å². The van der Waals surface area contributed by atoms with E-state index in [9.17, 15) is 13.2 Å². The van der Waals surface area contributed by atoms with Gasteiger partial charge < -0.3 is 10.1 Å². The number of rotatable bonds is 6. The molecule has 0 unspecified atom stereocenters. The Bertz CT molecular complexity index is 1290. The Morgan fingerprint density at radius 2 is 1.70 bits per heavy atom. The number of hydrogen-bond donors (Lipinski definition) is 2. The Kier molecular flexibility index (Phi) is 6.97. The van der Waals surface area contributed by atoms with Gasteiger partial charge in [0.05, 0.1) is 12.8 Å². The van der Waals surface area contributed by atoms with Gasteiger partial charge in [-0.3, -0.25) is 0 Å². The number of benzene rings is 1. The first-order chi connectivity index (χ1) is 15.5. The SMILES string of the molecule is COc1cc(-c2cc(C)cc(C(C)C)c2NC(=O)NS(=O)(=O)c2nc(C)cc(C)n2)ccn1. The van der Waals surface area contributed by atoms with Crippen LogP contribution in [0, 0.1) is 20.8 Å². The average Bonchev–Trinajstić information content (AvgIpc) is 2.73. The number of hydrogen-bond acceptors (Lipinski definition) is 7. The lowest BCUT2D eigenvalue weighted by Gasteiger charge is -2.20. The first-order valence-electron chi connectivity index (χ1n) is 10.3. The molecule has 1 aromatic carbocycles. The first kappa shape index (κ1) is 24.1. The first-order valence-corrected chi connectivity index (χ1v) is 11.8. The minimum Gasteiger partial charge on any atom is -0.481 e. The Morgan fingerprint density at radius 3 is 2.30 bits per heavy atom. The summed E-state index contributed by atoms with van der Waals surface area (Å²) in [6.07, 6.45) is 1.61.